The number of hydrogen-bond donors (Lipinski definition) is 2. The van der Waals surface area contributed by atoms with Gasteiger partial charge in [-0.1, -0.05) is 42.0 Å². The molecule has 152 valence electrons. The van der Waals surface area contributed by atoms with Crippen molar-refractivity contribution in [3.05, 3.63) is 77.4 Å². The predicted octanol–water partition coefficient (Wildman–Crippen LogP) is 4.13. The average molecular weight is 401 g/mol. The summed E-state index contributed by atoms with van der Waals surface area (Å²) in [6.07, 6.45) is -0.513. The Balaban J connectivity index is 1.59. The van der Waals surface area contributed by atoms with Gasteiger partial charge in [0.2, 0.25) is 0 Å². The van der Waals surface area contributed by atoms with Crippen molar-refractivity contribution >= 4 is 11.7 Å². The Bertz CT molecular complexity index is 894. The Morgan fingerprint density at radius 2 is 1.76 bits per heavy atom. The third-order valence-electron chi connectivity index (χ3n) is 5.44. The van der Waals surface area contributed by atoms with Gasteiger partial charge in [-0.05, 0) is 49.2 Å². The van der Waals surface area contributed by atoms with E-state index < -0.39 is 11.7 Å². The van der Waals surface area contributed by atoms with Crippen molar-refractivity contribution in [1.82, 2.24) is 10.6 Å². The molecule has 1 fully saturated rings. The van der Waals surface area contributed by atoms with Crippen LogP contribution in [0, 0.1) is 0 Å². The second kappa shape index (κ2) is 7.91. The summed E-state index contributed by atoms with van der Waals surface area (Å²) >= 11 is 0. The SMILES string of the molecule is O=C1NCC(C2NCCC=C2Cc2ccccc2)N1c1ccc(C(F)(F)F)cc1. The molecule has 2 unspecified atom stereocenters. The standard InChI is InChI=1S/C22H22F3N3O/c23-22(24,25)17-8-10-18(11-9-17)28-19(14-27-21(28)29)20-16(7-4-12-26-20)13-15-5-2-1-3-6-15/h1-3,5-11,19-20,26H,4,12-14H2,(H,27,29). The van der Waals surface area contributed by atoms with Crippen molar-refractivity contribution < 1.29 is 18.0 Å². The number of benzene rings is 2. The number of alkyl halides is 3. The second-order valence-electron chi connectivity index (χ2n) is 7.33. The summed E-state index contributed by atoms with van der Waals surface area (Å²) in [6, 6.07) is 14.3. The lowest BCUT2D eigenvalue weighted by molar-refractivity contribution is -0.137. The average Bonchev–Trinajstić information content (AvgIpc) is 3.10. The van der Waals surface area contributed by atoms with Crippen LogP contribution in [-0.2, 0) is 12.6 Å². The maximum absolute atomic E-state index is 12.9. The molecule has 0 aliphatic carbocycles. The van der Waals surface area contributed by atoms with E-state index in [1.54, 1.807) is 4.90 Å². The fourth-order valence-electron chi connectivity index (χ4n) is 4.06. The van der Waals surface area contributed by atoms with E-state index in [1.807, 2.05) is 18.2 Å². The number of carbonyl (C=O) groups excluding carboxylic acids is 1. The van der Waals surface area contributed by atoms with E-state index in [0.29, 0.717) is 12.2 Å². The van der Waals surface area contributed by atoms with E-state index in [-0.39, 0.29) is 18.1 Å². The molecule has 0 saturated carbocycles. The molecule has 0 radical (unpaired) electrons. The fourth-order valence-corrected chi connectivity index (χ4v) is 4.06. The molecule has 0 bridgehead atoms. The van der Waals surface area contributed by atoms with E-state index in [4.69, 9.17) is 0 Å². The zero-order chi connectivity index (χ0) is 20.4. The quantitative estimate of drug-likeness (QED) is 0.757. The largest absolute Gasteiger partial charge is 0.416 e. The number of urea groups is 1. The molecule has 4 nitrogen and oxygen atoms in total. The Morgan fingerprint density at radius 1 is 1.03 bits per heavy atom. The molecule has 1 saturated heterocycles. The van der Waals surface area contributed by atoms with Gasteiger partial charge in [-0.15, -0.1) is 0 Å². The van der Waals surface area contributed by atoms with Crippen LogP contribution < -0.4 is 15.5 Å². The van der Waals surface area contributed by atoms with Crippen molar-refractivity contribution in [3.63, 3.8) is 0 Å². The van der Waals surface area contributed by atoms with E-state index in [9.17, 15) is 18.0 Å². The van der Waals surface area contributed by atoms with Gasteiger partial charge in [-0.25, -0.2) is 4.79 Å². The third kappa shape index (κ3) is 4.15. The van der Waals surface area contributed by atoms with Gasteiger partial charge in [0.1, 0.15) is 0 Å². The van der Waals surface area contributed by atoms with E-state index in [1.165, 1.54) is 23.3 Å². The summed E-state index contributed by atoms with van der Waals surface area (Å²) in [4.78, 5) is 14.1. The van der Waals surface area contributed by atoms with Gasteiger partial charge in [-0.2, -0.15) is 13.2 Å². The summed E-state index contributed by atoms with van der Waals surface area (Å²) in [7, 11) is 0. The number of nitrogens with one attached hydrogen (secondary N) is 2. The van der Waals surface area contributed by atoms with Crippen LogP contribution in [-0.4, -0.2) is 31.2 Å². The van der Waals surface area contributed by atoms with Crippen molar-refractivity contribution in [2.24, 2.45) is 0 Å². The molecule has 0 aromatic heterocycles. The topological polar surface area (TPSA) is 44.4 Å². The van der Waals surface area contributed by atoms with E-state index in [0.717, 1.165) is 31.5 Å². The molecule has 2 atom stereocenters. The van der Waals surface area contributed by atoms with Crippen LogP contribution in [0.1, 0.15) is 17.5 Å². The number of nitrogens with zero attached hydrogens (tertiary/aromatic N) is 1. The summed E-state index contributed by atoms with van der Waals surface area (Å²) in [5.41, 5.74) is 2.12. The first kappa shape index (κ1) is 19.5. The molecule has 2 aliphatic rings. The van der Waals surface area contributed by atoms with Gasteiger partial charge < -0.3 is 10.6 Å². The van der Waals surface area contributed by atoms with Gasteiger partial charge >= 0.3 is 12.2 Å². The van der Waals surface area contributed by atoms with E-state index in [2.05, 4.69) is 28.8 Å². The number of hydrogen-bond acceptors (Lipinski definition) is 2. The Hall–Kier alpha value is -2.80. The number of rotatable bonds is 4. The molecule has 7 heteroatoms. The fraction of sp³-hybridized carbons (Fsp3) is 0.318. The highest BCUT2D eigenvalue weighted by Gasteiger charge is 2.40. The number of amides is 2. The Kier molecular flexibility index (Phi) is 5.32. The first-order valence-corrected chi connectivity index (χ1v) is 9.64. The van der Waals surface area contributed by atoms with Gasteiger partial charge in [0.05, 0.1) is 17.6 Å². The lowest BCUT2D eigenvalue weighted by Crippen LogP contribution is -2.52. The lowest BCUT2D eigenvalue weighted by atomic mass is 9.90. The molecule has 2 aliphatic heterocycles. The highest BCUT2D eigenvalue weighted by molar-refractivity contribution is 5.95. The van der Waals surface area contributed by atoms with Crippen LogP contribution in [0.5, 0.6) is 0 Å². The first-order valence-electron chi connectivity index (χ1n) is 9.64. The van der Waals surface area contributed by atoms with Crippen LogP contribution in [0.4, 0.5) is 23.7 Å². The minimum atomic E-state index is -4.40. The van der Waals surface area contributed by atoms with Gasteiger partial charge in [0, 0.05) is 12.2 Å². The number of anilines is 1. The molecule has 2 amide bonds. The summed E-state index contributed by atoms with van der Waals surface area (Å²) in [5.74, 6) is 0. The van der Waals surface area contributed by atoms with Crippen molar-refractivity contribution in [2.45, 2.75) is 31.1 Å². The van der Waals surface area contributed by atoms with E-state index >= 15 is 0 Å². The highest BCUT2D eigenvalue weighted by Crippen LogP contribution is 2.32. The molecular formula is C22H22F3N3O. The Labute approximate surface area is 167 Å². The monoisotopic (exact) mass is 401 g/mol. The summed E-state index contributed by atoms with van der Waals surface area (Å²) in [5, 5.41) is 6.35. The normalized spacial score (nSPS) is 22.4. The second-order valence-corrected chi connectivity index (χ2v) is 7.33. The molecule has 4 rings (SSSR count). The van der Waals surface area contributed by atoms with Crippen LogP contribution >= 0.6 is 0 Å². The molecule has 0 spiro atoms. The zero-order valence-corrected chi connectivity index (χ0v) is 15.7. The first-order chi connectivity index (χ1) is 13.9. The van der Waals surface area contributed by atoms with Crippen molar-refractivity contribution in [2.75, 3.05) is 18.0 Å². The van der Waals surface area contributed by atoms with Crippen LogP contribution in [0.25, 0.3) is 0 Å². The summed E-state index contributed by atoms with van der Waals surface area (Å²) in [6.45, 7) is 1.23. The maximum Gasteiger partial charge on any atom is 0.416 e. The van der Waals surface area contributed by atoms with Gasteiger partial charge in [-0.3, -0.25) is 4.90 Å². The maximum atomic E-state index is 12.9. The zero-order valence-electron chi connectivity index (χ0n) is 15.7. The molecule has 2 aromatic rings. The van der Waals surface area contributed by atoms with Crippen LogP contribution in [0.2, 0.25) is 0 Å². The highest BCUT2D eigenvalue weighted by atomic mass is 19.4. The predicted molar refractivity (Wildman–Crippen MR) is 106 cm³/mol. The molecule has 2 aromatic carbocycles. The van der Waals surface area contributed by atoms with Gasteiger partial charge in [0.25, 0.3) is 0 Å². The van der Waals surface area contributed by atoms with Crippen LogP contribution in [0.3, 0.4) is 0 Å². The minimum Gasteiger partial charge on any atom is -0.336 e. The summed E-state index contributed by atoms with van der Waals surface area (Å²) < 4.78 is 38.7. The third-order valence-corrected chi connectivity index (χ3v) is 5.44. The lowest BCUT2D eigenvalue weighted by Gasteiger charge is -2.35. The number of carbonyl (C=O) groups is 1. The molecule has 2 N–H and O–H groups in total. The molecular weight excluding hydrogens is 379 g/mol. The molecule has 2 heterocycles. The number of halogens is 3. The molecule has 29 heavy (non-hydrogen) atoms. The smallest absolute Gasteiger partial charge is 0.336 e. The van der Waals surface area contributed by atoms with Gasteiger partial charge in [0.15, 0.2) is 0 Å². The van der Waals surface area contributed by atoms with Crippen LogP contribution in [0.15, 0.2) is 66.2 Å². The Morgan fingerprint density at radius 3 is 2.45 bits per heavy atom. The van der Waals surface area contributed by atoms with Crippen molar-refractivity contribution in [3.8, 4) is 0 Å². The minimum absolute atomic E-state index is 0.0646. The van der Waals surface area contributed by atoms with Crippen molar-refractivity contribution in [1.29, 1.82) is 0 Å².